The summed E-state index contributed by atoms with van der Waals surface area (Å²) in [7, 11) is 4.07. The predicted octanol–water partition coefficient (Wildman–Crippen LogP) is 1.97. The molecule has 13 heavy (non-hydrogen) atoms. The van der Waals surface area contributed by atoms with Gasteiger partial charge in [-0.3, -0.25) is 4.98 Å². The van der Waals surface area contributed by atoms with E-state index >= 15 is 0 Å². The van der Waals surface area contributed by atoms with Gasteiger partial charge in [-0.25, -0.2) is 0 Å². The third-order valence-corrected chi connectivity index (χ3v) is 1.85. The second kappa shape index (κ2) is 4.70. The van der Waals surface area contributed by atoms with Gasteiger partial charge in [0.05, 0.1) is 17.6 Å². The first kappa shape index (κ1) is 9.84. The van der Waals surface area contributed by atoms with Crippen LogP contribution in [-0.4, -0.2) is 25.6 Å². The van der Waals surface area contributed by atoms with Gasteiger partial charge in [0.15, 0.2) is 0 Å². The second-order valence-corrected chi connectivity index (χ2v) is 3.21. The Morgan fingerprint density at radius 2 is 2.23 bits per heavy atom. The molecule has 0 bridgehead atoms. The molecule has 3 nitrogen and oxygen atoms in total. The van der Waals surface area contributed by atoms with Crippen LogP contribution in [-0.2, 0) is 0 Å². The molecular weight excluding hydrogens is 162 g/mol. The molecule has 0 aromatic carbocycles. The summed E-state index contributed by atoms with van der Waals surface area (Å²) in [5.74, 6) is 0. The highest BCUT2D eigenvalue weighted by molar-refractivity contribution is 5.67. The summed E-state index contributed by atoms with van der Waals surface area (Å²) >= 11 is 0. The van der Waals surface area contributed by atoms with Gasteiger partial charge in [-0.1, -0.05) is 6.92 Å². The molecule has 0 aliphatic carbocycles. The predicted molar refractivity (Wildman–Crippen MR) is 57.3 cm³/mol. The van der Waals surface area contributed by atoms with Crippen LogP contribution in [0, 0.1) is 0 Å². The average Bonchev–Trinajstić information content (AvgIpc) is 2.15. The molecule has 0 saturated carbocycles. The first-order valence-corrected chi connectivity index (χ1v) is 4.61. The molecule has 1 aromatic rings. The lowest BCUT2D eigenvalue weighted by atomic mass is 10.3. The van der Waals surface area contributed by atoms with Crippen LogP contribution in [0.2, 0.25) is 0 Å². The van der Waals surface area contributed by atoms with Crippen molar-refractivity contribution in [3.05, 3.63) is 18.5 Å². The lowest BCUT2D eigenvalue weighted by molar-refractivity contribution is 0.973. The minimum Gasteiger partial charge on any atom is -0.382 e. The van der Waals surface area contributed by atoms with Crippen molar-refractivity contribution in [3.63, 3.8) is 0 Å². The zero-order valence-electron chi connectivity index (χ0n) is 8.54. The van der Waals surface area contributed by atoms with Gasteiger partial charge >= 0.3 is 0 Å². The smallest absolute Gasteiger partial charge is 0.0764 e. The van der Waals surface area contributed by atoms with Crippen molar-refractivity contribution in [1.82, 2.24) is 4.98 Å². The van der Waals surface area contributed by atoms with Gasteiger partial charge in [-0.2, -0.15) is 0 Å². The molecule has 0 aliphatic rings. The molecular formula is C10H17N3. The number of nitrogens with zero attached hydrogens (tertiary/aromatic N) is 2. The molecule has 0 unspecified atom stereocenters. The van der Waals surface area contributed by atoms with E-state index in [9.17, 15) is 0 Å². The Balaban J connectivity index is 2.78. The van der Waals surface area contributed by atoms with Gasteiger partial charge < -0.3 is 10.2 Å². The topological polar surface area (TPSA) is 28.2 Å². The largest absolute Gasteiger partial charge is 0.382 e. The van der Waals surface area contributed by atoms with E-state index in [4.69, 9.17) is 0 Å². The van der Waals surface area contributed by atoms with Crippen molar-refractivity contribution < 1.29 is 0 Å². The highest BCUT2D eigenvalue weighted by atomic mass is 15.1. The molecule has 0 fully saturated rings. The van der Waals surface area contributed by atoms with Crippen molar-refractivity contribution in [2.45, 2.75) is 13.3 Å². The molecule has 1 N–H and O–H groups in total. The zero-order valence-corrected chi connectivity index (χ0v) is 8.54. The lowest BCUT2D eigenvalue weighted by Gasteiger charge is -2.17. The fourth-order valence-electron chi connectivity index (χ4n) is 1.17. The Morgan fingerprint density at radius 3 is 2.85 bits per heavy atom. The van der Waals surface area contributed by atoms with E-state index in [1.54, 1.807) is 0 Å². The molecule has 0 amide bonds. The van der Waals surface area contributed by atoms with Gasteiger partial charge in [0.2, 0.25) is 0 Å². The third-order valence-electron chi connectivity index (χ3n) is 1.85. The fraction of sp³-hybridized carbons (Fsp3) is 0.500. The van der Waals surface area contributed by atoms with Gasteiger partial charge in [0, 0.05) is 26.8 Å². The number of anilines is 2. The Bertz CT molecular complexity index is 258. The highest BCUT2D eigenvalue weighted by Gasteiger charge is 2.01. The maximum atomic E-state index is 4.09. The molecule has 1 rings (SSSR count). The van der Waals surface area contributed by atoms with Crippen LogP contribution >= 0.6 is 0 Å². The average molecular weight is 179 g/mol. The summed E-state index contributed by atoms with van der Waals surface area (Å²) in [5, 5.41) is 3.34. The molecule has 0 radical (unpaired) electrons. The molecule has 0 saturated heterocycles. The Hall–Kier alpha value is -1.25. The fourth-order valence-corrected chi connectivity index (χ4v) is 1.17. The van der Waals surface area contributed by atoms with E-state index < -0.39 is 0 Å². The number of rotatable bonds is 4. The monoisotopic (exact) mass is 179 g/mol. The van der Waals surface area contributed by atoms with Gasteiger partial charge in [0.25, 0.3) is 0 Å². The summed E-state index contributed by atoms with van der Waals surface area (Å²) < 4.78 is 0. The zero-order chi connectivity index (χ0) is 9.68. The van der Waals surface area contributed by atoms with Crippen LogP contribution in [0.3, 0.4) is 0 Å². The number of nitrogens with one attached hydrogen (secondary N) is 1. The second-order valence-electron chi connectivity index (χ2n) is 3.21. The van der Waals surface area contributed by atoms with E-state index in [1.165, 1.54) is 5.69 Å². The van der Waals surface area contributed by atoms with E-state index in [0.717, 1.165) is 18.7 Å². The number of hydrogen-bond donors (Lipinski definition) is 1. The quantitative estimate of drug-likeness (QED) is 0.766. The standard InChI is InChI=1S/C10H17N3/c1-4-6-12-9-8-11-7-5-10(9)13(2)3/h5,7-8,12H,4,6H2,1-3H3. The summed E-state index contributed by atoms with van der Waals surface area (Å²) in [6.07, 6.45) is 4.80. The highest BCUT2D eigenvalue weighted by Crippen LogP contribution is 2.21. The number of aromatic nitrogens is 1. The first-order chi connectivity index (χ1) is 6.25. The van der Waals surface area contributed by atoms with Gasteiger partial charge in [-0.05, 0) is 12.5 Å². The maximum absolute atomic E-state index is 4.09. The van der Waals surface area contributed by atoms with Crippen molar-refractivity contribution in [2.24, 2.45) is 0 Å². The van der Waals surface area contributed by atoms with Crippen LogP contribution in [0.15, 0.2) is 18.5 Å². The maximum Gasteiger partial charge on any atom is 0.0764 e. The third kappa shape index (κ3) is 2.61. The van der Waals surface area contributed by atoms with Crippen molar-refractivity contribution in [3.8, 4) is 0 Å². The molecule has 1 heterocycles. The molecule has 0 aliphatic heterocycles. The first-order valence-electron chi connectivity index (χ1n) is 4.61. The van der Waals surface area contributed by atoms with Crippen molar-refractivity contribution >= 4 is 11.4 Å². The summed E-state index contributed by atoms with van der Waals surface area (Å²) in [6.45, 7) is 3.14. The summed E-state index contributed by atoms with van der Waals surface area (Å²) in [5.41, 5.74) is 2.29. The normalized spacial score (nSPS) is 9.77. The van der Waals surface area contributed by atoms with Crippen LogP contribution in [0.1, 0.15) is 13.3 Å². The lowest BCUT2D eigenvalue weighted by Crippen LogP contribution is -2.12. The molecule has 72 valence electrons. The Kier molecular flexibility index (Phi) is 3.55. The Morgan fingerprint density at radius 1 is 1.46 bits per heavy atom. The summed E-state index contributed by atoms with van der Waals surface area (Å²) in [4.78, 5) is 6.17. The van der Waals surface area contributed by atoms with E-state index in [0.29, 0.717) is 0 Å². The molecule has 3 heteroatoms. The molecule has 1 aromatic heterocycles. The van der Waals surface area contributed by atoms with E-state index in [-0.39, 0.29) is 0 Å². The van der Waals surface area contributed by atoms with E-state index in [2.05, 4.69) is 22.1 Å². The molecule has 0 atom stereocenters. The van der Waals surface area contributed by atoms with Crippen LogP contribution in [0.25, 0.3) is 0 Å². The number of pyridine rings is 1. The SMILES string of the molecule is CCCNc1cnccc1N(C)C. The minimum absolute atomic E-state index is 0.993. The van der Waals surface area contributed by atoms with Crippen LogP contribution in [0.4, 0.5) is 11.4 Å². The van der Waals surface area contributed by atoms with Crippen LogP contribution < -0.4 is 10.2 Å². The summed E-state index contributed by atoms with van der Waals surface area (Å²) in [6, 6.07) is 2.01. The van der Waals surface area contributed by atoms with Crippen LogP contribution in [0.5, 0.6) is 0 Å². The minimum atomic E-state index is 0.993. The van der Waals surface area contributed by atoms with E-state index in [1.807, 2.05) is 32.6 Å². The Labute approximate surface area is 79.8 Å². The van der Waals surface area contributed by atoms with Crippen molar-refractivity contribution in [2.75, 3.05) is 30.9 Å². The van der Waals surface area contributed by atoms with Crippen molar-refractivity contribution in [1.29, 1.82) is 0 Å². The molecule has 0 spiro atoms. The van der Waals surface area contributed by atoms with Gasteiger partial charge in [-0.15, -0.1) is 0 Å². The number of hydrogen-bond acceptors (Lipinski definition) is 3. The van der Waals surface area contributed by atoms with Gasteiger partial charge in [0.1, 0.15) is 0 Å².